The fourth-order valence-corrected chi connectivity index (χ4v) is 2.64. The molecule has 0 aliphatic heterocycles. The molecule has 2 aromatic rings. The molecule has 0 atom stereocenters. The molecular weight excluding hydrogens is 356 g/mol. The Morgan fingerprint density at radius 2 is 1.62 bits per heavy atom. The molecule has 2 amide bonds. The monoisotopic (exact) mass is 378 g/mol. The lowest BCUT2D eigenvalue weighted by molar-refractivity contribution is 0.240. The van der Waals surface area contributed by atoms with Gasteiger partial charge in [0, 0.05) is 23.7 Å². The molecule has 140 valence electrons. The second kappa shape index (κ2) is 9.77. The number of carbonyl (C=O) groups excluding carboxylic acids is 1. The highest BCUT2D eigenvalue weighted by atomic mass is 35.5. The summed E-state index contributed by atoms with van der Waals surface area (Å²) in [4.78, 5) is 11.9. The molecule has 0 aliphatic rings. The second-order valence-corrected chi connectivity index (χ2v) is 5.92. The van der Waals surface area contributed by atoms with Gasteiger partial charge in [0.25, 0.3) is 0 Å². The Labute approximate surface area is 158 Å². The lowest BCUT2D eigenvalue weighted by atomic mass is 10.1. The minimum absolute atomic E-state index is 0.237. The van der Waals surface area contributed by atoms with Gasteiger partial charge in [-0.2, -0.15) is 0 Å². The summed E-state index contributed by atoms with van der Waals surface area (Å²) in [5, 5.41) is 6.30. The summed E-state index contributed by atoms with van der Waals surface area (Å²) in [6.45, 7) is 0.890. The number of benzene rings is 2. The Hall–Kier alpha value is -2.60. The molecule has 7 heteroatoms. The zero-order chi connectivity index (χ0) is 18.9. The van der Waals surface area contributed by atoms with Crippen molar-refractivity contribution < 1.29 is 19.0 Å². The highest BCUT2D eigenvalue weighted by Crippen LogP contribution is 2.39. The number of urea groups is 1. The van der Waals surface area contributed by atoms with Crippen molar-refractivity contribution in [3.8, 4) is 17.2 Å². The first-order valence-electron chi connectivity index (χ1n) is 8.13. The van der Waals surface area contributed by atoms with Crippen molar-refractivity contribution in [3.63, 3.8) is 0 Å². The average Bonchev–Trinajstić information content (AvgIpc) is 2.66. The van der Waals surface area contributed by atoms with E-state index in [-0.39, 0.29) is 6.03 Å². The maximum Gasteiger partial charge on any atom is 0.315 e. The Morgan fingerprint density at radius 3 is 2.23 bits per heavy atom. The molecule has 2 rings (SSSR count). The van der Waals surface area contributed by atoms with Crippen LogP contribution in [0.2, 0.25) is 5.02 Å². The topological polar surface area (TPSA) is 68.8 Å². The number of methoxy groups -OCH3 is 3. The van der Waals surface area contributed by atoms with Crippen molar-refractivity contribution >= 4 is 17.6 Å². The summed E-state index contributed by atoms with van der Waals surface area (Å²) in [6.07, 6.45) is 0.595. The Kier molecular flexibility index (Phi) is 7.41. The van der Waals surface area contributed by atoms with Gasteiger partial charge in [-0.05, 0) is 30.2 Å². The van der Waals surface area contributed by atoms with Gasteiger partial charge in [-0.1, -0.05) is 29.8 Å². The van der Waals surface area contributed by atoms with E-state index in [2.05, 4.69) is 10.6 Å². The standard InChI is InChI=1S/C19H23ClN2O4/c1-24-16-9-6-14(17(25-2)18(16)26-3)10-11-21-19(23)22-12-13-4-7-15(20)8-5-13/h4-9H,10-12H2,1-3H3,(H2,21,22,23). The van der Waals surface area contributed by atoms with Crippen LogP contribution >= 0.6 is 11.6 Å². The molecule has 0 unspecified atom stereocenters. The van der Waals surface area contributed by atoms with E-state index in [4.69, 9.17) is 25.8 Å². The Morgan fingerprint density at radius 1 is 0.923 bits per heavy atom. The maximum absolute atomic E-state index is 11.9. The quantitative estimate of drug-likeness (QED) is 0.738. The lowest BCUT2D eigenvalue weighted by Crippen LogP contribution is -2.36. The van der Waals surface area contributed by atoms with E-state index >= 15 is 0 Å². The number of ether oxygens (including phenoxy) is 3. The van der Waals surface area contributed by atoms with Crippen molar-refractivity contribution in [1.29, 1.82) is 0 Å². The molecule has 2 N–H and O–H groups in total. The summed E-state index contributed by atoms with van der Waals surface area (Å²) in [6, 6.07) is 10.8. The predicted molar refractivity (Wildman–Crippen MR) is 101 cm³/mol. The zero-order valence-corrected chi connectivity index (χ0v) is 15.9. The number of halogens is 1. The number of amides is 2. The SMILES string of the molecule is COc1ccc(CCNC(=O)NCc2ccc(Cl)cc2)c(OC)c1OC. The van der Waals surface area contributed by atoms with Gasteiger partial charge in [-0.25, -0.2) is 4.79 Å². The minimum atomic E-state index is -0.237. The predicted octanol–water partition coefficient (Wildman–Crippen LogP) is 3.41. The van der Waals surface area contributed by atoms with Crippen molar-refractivity contribution in [3.05, 3.63) is 52.5 Å². The average molecular weight is 379 g/mol. The molecule has 0 saturated heterocycles. The summed E-state index contributed by atoms with van der Waals surface area (Å²) >= 11 is 5.84. The number of hydrogen-bond acceptors (Lipinski definition) is 4. The molecule has 0 bridgehead atoms. The molecule has 26 heavy (non-hydrogen) atoms. The van der Waals surface area contributed by atoms with Gasteiger partial charge in [-0.15, -0.1) is 0 Å². The van der Waals surface area contributed by atoms with Gasteiger partial charge >= 0.3 is 6.03 Å². The van der Waals surface area contributed by atoms with Gasteiger partial charge in [0.2, 0.25) is 5.75 Å². The molecule has 0 spiro atoms. The smallest absolute Gasteiger partial charge is 0.315 e. The first-order valence-corrected chi connectivity index (χ1v) is 8.50. The Balaban J connectivity index is 1.87. The van der Waals surface area contributed by atoms with E-state index in [1.54, 1.807) is 33.5 Å². The van der Waals surface area contributed by atoms with E-state index in [1.165, 1.54) is 0 Å². The van der Waals surface area contributed by atoms with E-state index in [1.807, 2.05) is 24.3 Å². The van der Waals surface area contributed by atoms with Gasteiger partial charge in [0.1, 0.15) is 0 Å². The van der Waals surface area contributed by atoms with Crippen LogP contribution in [0.1, 0.15) is 11.1 Å². The second-order valence-electron chi connectivity index (χ2n) is 5.48. The largest absolute Gasteiger partial charge is 0.493 e. The van der Waals surface area contributed by atoms with Crippen molar-refractivity contribution in [2.24, 2.45) is 0 Å². The molecule has 6 nitrogen and oxygen atoms in total. The molecule has 0 saturated carbocycles. The van der Waals surface area contributed by atoms with E-state index in [0.29, 0.717) is 41.8 Å². The van der Waals surface area contributed by atoms with Crippen LogP contribution in [0.15, 0.2) is 36.4 Å². The van der Waals surface area contributed by atoms with Gasteiger partial charge < -0.3 is 24.8 Å². The van der Waals surface area contributed by atoms with Crippen LogP contribution in [-0.4, -0.2) is 33.9 Å². The highest BCUT2D eigenvalue weighted by Gasteiger charge is 2.15. The summed E-state index contributed by atoms with van der Waals surface area (Å²) in [5.41, 5.74) is 1.90. The Bertz CT molecular complexity index is 735. The number of nitrogens with one attached hydrogen (secondary N) is 2. The summed E-state index contributed by atoms with van der Waals surface area (Å²) in [7, 11) is 4.71. The molecular formula is C19H23ClN2O4. The van der Waals surface area contributed by atoms with Crippen molar-refractivity contribution in [2.45, 2.75) is 13.0 Å². The molecule has 0 heterocycles. The highest BCUT2D eigenvalue weighted by molar-refractivity contribution is 6.30. The number of hydrogen-bond donors (Lipinski definition) is 2. The van der Waals surface area contributed by atoms with E-state index < -0.39 is 0 Å². The van der Waals surface area contributed by atoms with Crippen molar-refractivity contribution in [2.75, 3.05) is 27.9 Å². The van der Waals surface area contributed by atoms with Crippen LogP contribution in [-0.2, 0) is 13.0 Å². The van der Waals surface area contributed by atoms with E-state index in [0.717, 1.165) is 11.1 Å². The zero-order valence-electron chi connectivity index (χ0n) is 15.1. The molecule has 0 aliphatic carbocycles. The normalized spacial score (nSPS) is 10.2. The third-order valence-electron chi connectivity index (χ3n) is 3.83. The molecule has 0 fully saturated rings. The summed E-state index contributed by atoms with van der Waals surface area (Å²) in [5.74, 6) is 1.75. The van der Waals surface area contributed by atoms with Gasteiger partial charge in [-0.3, -0.25) is 0 Å². The third-order valence-corrected chi connectivity index (χ3v) is 4.08. The first kappa shape index (κ1) is 19.7. The van der Waals surface area contributed by atoms with Crippen LogP contribution < -0.4 is 24.8 Å². The fourth-order valence-electron chi connectivity index (χ4n) is 2.52. The maximum atomic E-state index is 11.9. The summed E-state index contributed by atoms with van der Waals surface area (Å²) < 4.78 is 16.1. The van der Waals surface area contributed by atoms with Crippen LogP contribution in [0.5, 0.6) is 17.2 Å². The van der Waals surface area contributed by atoms with E-state index in [9.17, 15) is 4.79 Å². The van der Waals surface area contributed by atoms with Crippen LogP contribution in [0, 0.1) is 0 Å². The van der Waals surface area contributed by atoms with Crippen LogP contribution in [0.25, 0.3) is 0 Å². The molecule has 2 aromatic carbocycles. The minimum Gasteiger partial charge on any atom is -0.493 e. The van der Waals surface area contributed by atoms with Crippen LogP contribution in [0.4, 0.5) is 4.79 Å². The third kappa shape index (κ3) is 5.20. The van der Waals surface area contributed by atoms with Gasteiger partial charge in [0.05, 0.1) is 21.3 Å². The number of carbonyl (C=O) groups is 1. The molecule has 0 aromatic heterocycles. The molecule has 0 radical (unpaired) electrons. The van der Waals surface area contributed by atoms with Crippen LogP contribution in [0.3, 0.4) is 0 Å². The fraction of sp³-hybridized carbons (Fsp3) is 0.316. The van der Waals surface area contributed by atoms with Crippen molar-refractivity contribution in [1.82, 2.24) is 10.6 Å². The lowest BCUT2D eigenvalue weighted by Gasteiger charge is -2.16. The first-order chi connectivity index (χ1) is 12.6. The number of rotatable bonds is 8. The van der Waals surface area contributed by atoms with Gasteiger partial charge in [0.15, 0.2) is 11.5 Å².